The molecule has 0 saturated heterocycles. The monoisotopic (exact) mass is 405 g/mol. The fraction of sp³-hybridized carbons (Fsp3) is 0.217. The summed E-state index contributed by atoms with van der Waals surface area (Å²) in [5.74, 6) is -0.283. The summed E-state index contributed by atoms with van der Waals surface area (Å²) < 4.78 is 8.26. The number of nitrogens with zero attached hydrogens (tertiary/aromatic N) is 1. The van der Waals surface area contributed by atoms with Gasteiger partial charge in [0.15, 0.2) is 11.2 Å². The summed E-state index contributed by atoms with van der Waals surface area (Å²) in [6.45, 7) is 4.22. The van der Waals surface area contributed by atoms with Gasteiger partial charge in [0.05, 0.1) is 5.69 Å². The van der Waals surface area contributed by atoms with Crippen molar-refractivity contribution >= 4 is 28.3 Å². The molecule has 29 heavy (non-hydrogen) atoms. The van der Waals surface area contributed by atoms with E-state index < -0.39 is 11.4 Å². The van der Waals surface area contributed by atoms with Crippen LogP contribution in [-0.4, -0.2) is 15.6 Å². The normalized spacial score (nSPS) is 15.5. The van der Waals surface area contributed by atoms with Crippen LogP contribution in [0.1, 0.15) is 35.8 Å². The zero-order valence-corrected chi connectivity index (χ0v) is 16.8. The number of fused-ring (bicyclic) bond motifs is 5. The number of rotatable bonds is 3. The van der Waals surface area contributed by atoms with Gasteiger partial charge in [-0.15, -0.1) is 11.3 Å². The number of benzene rings is 1. The number of carboxylic acid groups (broad SMARTS) is 1. The second-order valence-electron chi connectivity index (χ2n) is 7.73. The van der Waals surface area contributed by atoms with Gasteiger partial charge in [-0.2, -0.15) is 0 Å². The standard InChI is InChI=1S/C23H19NO4S/c1-12(2)17-9-15-13-5-3-6-14(20-7-4-8-29-20)21(13)28-22(15)18-10-19(25)16(23(26)27)11-24(17)18/h3-8,10-12,17H,9H2,1-2H3,(H,26,27)/t17-/m0/s1. The predicted octanol–water partition coefficient (Wildman–Crippen LogP) is 5.44. The fourth-order valence-corrected chi connectivity index (χ4v) is 4.99. The average molecular weight is 405 g/mol. The summed E-state index contributed by atoms with van der Waals surface area (Å²) in [5.41, 5.74) is 2.86. The third-order valence-corrected chi connectivity index (χ3v) is 6.59. The Kier molecular flexibility index (Phi) is 3.99. The number of pyridine rings is 1. The lowest BCUT2D eigenvalue weighted by atomic mass is 9.89. The minimum Gasteiger partial charge on any atom is -0.477 e. The van der Waals surface area contributed by atoms with Crippen LogP contribution in [0.15, 0.2) is 57.2 Å². The SMILES string of the molecule is CC(C)[C@@H]1Cc2c(oc3c(-c4cccs4)cccc23)-c2cc(=O)c(C(=O)O)cn21. The number of carbonyl (C=O) groups is 1. The number of hydrogen-bond donors (Lipinski definition) is 1. The lowest BCUT2D eigenvalue weighted by Crippen LogP contribution is -2.27. The van der Waals surface area contributed by atoms with Gasteiger partial charge in [0.2, 0.25) is 0 Å². The first kappa shape index (κ1) is 17.9. The summed E-state index contributed by atoms with van der Waals surface area (Å²) >= 11 is 1.65. The molecule has 0 unspecified atom stereocenters. The lowest BCUT2D eigenvalue weighted by molar-refractivity contribution is 0.0694. The molecule has 3 aromatic heterocycles. The maximum Gasteiger partial charge on any atom is 0.341 e. The molecule has 5 rings (SSSR count). The molecule has 1 N–H and O–H groups in total. The third-order valence-electron chi connectivity index (χ3n) is 5.69. The number of furan rings is 1. The second-order valence-corrected chi connectivity index (χ2v) is 8.68. The maximum absolute atomic E-state index is 12.5. The van der Waals surface area contributed by atoms with Crippen LogP contribution in [-0.2, 0) is 6.42 Å². The molecule has 0 spiro atoms. The number of hydrogen-bond acceptors (Lipinski definition) is 4. The van der Waals surface area contributed by atoms with Crippen molar-refractivity contribution in [2.45, 2.75) is 26.3 Å². The Morgan fingerprint density at radius 2 is 2.10 bits per heavy atom. The van der Waals surface area contributed by atoms with Gasteiger partial charge in [-0.3, -0.25) is 4.79 Å². The summed E-state index contributed by atoms with van der Waals surface area (Å²) in [4.78, 5) is 25.1. The fourth-order valence-electron chi connectivity index (χ4n) is 4.24. The molecule has 0 aliphatic carbocycles. The average Bonchev–Trinajstić information content (AvgIpc) is 3.34. The van der Waals surface area contributed by atoms with E-state index >= 15 is 0 Å². The lowest BCUT2D eigenvalue weighted by Gasteiger charge is -2.31. The molecule has 4 aromatic rings. The Balaban J connectivity index is 1.83. The maximum atomic E-state index is 12.5. The summed E-state index contributed by atoms with van der Waals surface area (Å²) in [7, 11) is 0. The minimum absolute atomic E-state index is 0.0439. The highest BCUT2D eigenvalue weighted by atomic mass is 32.1. The molecule has 0 bridgehead atoms. The Hall–Kier alpha value is -3.12. The van der Waals surface area contributed by atoms with E-state index in [1.165, 1.54) is 12.3 Å². The van der Waals surface area contributed by atoms with Crippen molar-refractivity contribution in [1.82, 2.24) is 4.57 Å². The van der Waals surface area contributed by atoms with Gasteiger partial charge in [-0.25, -0.2) is 4.79 Å². The first-order valence-corrected chi connectivity index (χ1v) is 10.4. The predicted molar refractivity (Wildman–Crippen MR) is 114 cm³/mol. The summed E-state index contributed by atoms with van der Waals surface area (Å²) in [6.07, 6.45) is 2.20. The highest BCUT2D eigenvalue weighted by Crippen LogP contribution is 2.45. The van der Waals surface area contributed by atoms with E-state index in [9.17, 15) is 14.7 Å². The van der Waals surface area contributed by atoms with E-state index in [0.29, 0.717) is 11.5 Å². The zero-order chi connectivity index (χ0) is 20.3. The van der Waals surface area contributed by atoms with Crippen LogP contribution in [0.25, 0.3) is 32.9 Å². The quantitative estimate of drug-likeness (QED) is 0.492. The molecule has 0 saturated carbocycles. The highest BCUT2D eigenvalue weighted by molar-refractivity contribution is 7.13. The van der Waals surface area contributed by atoms with Crippen LogP contribution in [0.5, 0.6) is 0 Å². The molecule has 0 amide bonds. The molecular weight excluding hydrogens is 386 g/mol. The highest BCUT2D eigenvalue weighted by Gasteiger charge is 2.32. The van der Waals surface area contributed by atoms with Gasteiger partial charge in [-0.05, 0) is 29.9 Å². The first-order chi connectivity index (χ1) is 14.0. The van der Waals surface area contributed by atoms with Gasteiger partial charge < -0.3 is 14.1 Å². The molecule has 5 nitrogen and oxygen atoms in total. The topological polar surface area (TPSA) is 72.4 Å². The zero-order valence-electron chi connectivity index (χ0n) is 16.0. The molecule has 6 heteroatoms. The minimum atomic E-state index is -1.21. The van der Waals surface area contributed by atoms with E-state index in [2.05, 4.69) is 26.0 Å². The third kappa shape index (κ3) is 2.67. The smallest absolute Gasteiger partial charge is 0.341 e. The van der Waals surface area contributed by atoms with Gasteiger partial charge >= 0.3 is 5.97 Å². The molecular formula is C23H19NO4S. The van der Waals surface area contributed by atoms with Crippen molar-refractivity contribution in [2.24, 2.45) is 5.92 Å². The Morgan fingerprint density at radius 3 is 2.79 bits per heavy atom. The van der Waals surface area contributed by atoms with Crippen molar-refractivity contribution in [3.05, 3.63) is 69.3 Å². The largest absolute Gasteiger partial charge is 0.477 e. The summed E-state index contributed by atoms with van der Waals surface area (Å²) in [5, 5.41) is 12.5. The number of aromatic carboxylic acids is 1. The van der Waals surface area contributed by atoms with Crippen LogP contribution < -0.4 is 5.43 Å². The van der Waals surface area contributed by atoms with Gasteiger partial charge in [0.25, 0.3) is 0 Å². The number of aromatic nitrogens is 1. The van der Waals surface area contributed by atoms with Crippen LogP contribution in [0, 0.1) is 5.92 Å². The van der Waals surface area contributed by atoms with Gasteiger partial charge in [0, 0.05) is 39.7 Å². The summed E-state index contributed by atoms with van der Waals surface area (Å²) in [6, 6.07) is 11.7. The van der Waals surface area contributed by atoms with Crippen LogP contribution in [0.2, 0.25) is 0 Å². The molecule has 4 heterocycles. The molecule has 0 radical (unpaired) electrons. The van der Waals surface area contributed by atoms with E-state index in [0.717, 1.165) is 33.4 Å². The number of carboxylic acids is 1. The molecule has 1 atom stereocenters. The second kappa shape index (κ2) is 6.46. The van der Waals surface area contributed by atoms with E-state index in [-0.39, 0.29) is 17.5 Å². The first-order valence-electron chi connectivity index (χ1n) is 9.54. The van der Waals surface area contributed by atoms with Crippen molar-refractivity contribution in [1.29, 1.82) is 0 Å². The van der Waals surface area contributed by atoms with Crippen molar-refractivity contribution in [3.63, 3.8) is 0 Å². The van der Waals surface area contributed by atoms with E-state index in [1.807, 2.05) is 28.1 Å². The van der Waals surface area contributed by atoms with Crippen LogP contribution >= 0.6 is 11.3 Å². The molecule has 1 aromatic carbocycles. The van der Waals surface area contributed by atoms with Crippen molar-refractivity contribution in [2.75, 3.05) is 0 Å². The van der Waals surface area contributed by atoms with Crippen LogP contribution in [0.3, 0.4) is 0 Å². The molecule has 146 valence electrons. The van der Waals surface area contributed by atoms with Gasteiger partial charge in [-0.1, -0.05) is 32.0 Å². The van der Waals surface area contributed by atoms with Crippen molar-refractivity contribution in [3.8, 4) is 21.9 Å². The Morgan fingerprint density at radius 1 is 1.28 bits per heavy atom. The Labute approximate surface area is 170 Å². The Bertz CT molecular complexity index is 1310. The molecule has 1 aliphatic rings. The molecule has 0 fully saturated rings. The van der Waals surface area contributed by atoms with E-state index in [4.69, 9.17) is 4.42 Å². The van der Waals surface area contributed by atoms with Crippen LogP contribution in [0.4, 0.5) is 0 Å². The van der Waals surface area contributed by atoms with E-state index in [1.54, 1.807) is 11.3 Å². The van der Waals surface area contributed by atoms with Crippen molar-refractivity contribution < 1.29 is 14.3 Å². The number of para-hydroxylation sites is 1. The number of thiophene rings is 1. The molecule has 1 aliphatic heterocycles. The van der Waals surface area contributed by atoms with Gasteiger partial charge in [0.1, 0.15) is 11.1 Å².